The predicted molar refractivity (Wildman–Crippen MR) is 123 cm³/mol. The SMILES string of the molecule is Br.Br.Br.CCN(CC)CC(O)CN1CC2CC(C1)c1cccc(=O)n1C2. The highest BCUT2D eigenvalue weighted by Crippen LogP contribution is 2.34. The molecule has 2 aliphatic heterocycles. The molecule has 26 heavy (non-hydrogen) atoms. The molecule has 1 aromatic heterocycles. The summed E-state index contributed by atoms with van der Waals surface area (Å²) in [6.45, 7) is 10.5. The van der Waals surface area contributed by atoms with Crippen molar-refractivity contribution in [2.45, 2.75) is 38.8 Å². The normalized spacial score (nSPS) is 22.5. The molecule has 2 bridgehead atoms. The third-order valence-electron chi connectivity index (χ3n) is 5.39. The minimum Gasteiger partial charge on any atom is -0.390 e. The van der Waals surface area contributed by atoms with Crippen LogP contribution >= 0.6 is 50.9 Å². The molecule has 3 rings (SSSR count). The molecule has 1 saturated heterocycles. The fourth-order valence-corrected chi connectivity index (χ4v) is 4.28. The first-order valence-electron chi connectivity index (χ1n) is 8.93. The van der Waals surface area contributed by atoms with Gasteiger partial charge >= 0.3 is 0 Å². The summed E-state index contributed by atoms with van der Waals surface area (Å²) in [6, 6.07) is 5.64. The average molecular weight is 562 g/mol. The van der Waals surface area contributed by atoms with Crippen molar-refractivity contribution in [1.82, 2.24) is 14.4 Å². The van der Waals surface area contributed by atoms with Gasteiger partial charge in [-0.25, -0.2) is 0 Å². The number of likely N-dealkylation sites (tertiary alicyclic amines) is 1. The summed E-state index contributed by atoms with van der Waals surface area (Å²) in [4.78, 5) is 16.7. The number of halogens is 3. The van der Waals surface area contributed by atoms with E-state index in [4.69, 9.17) is 0 Å². The zero-order valence-corrected chi connectivity index (χ0v) is 20.7. The Morgan fingerprint density at radius 1 is 1.15 bits per heavy atom. The lowest BCUT2D eigenvalue weighted by atomic mass is 9.83. The van der Waals surface area contributed by atoms with Crippen molar-refractivity contribution in [2.75, 3.05) is 39.3 Å². The lowest BCUT2D eigenvalue weighted by Crippen LogP contribution is -2.50. The molecule has 0 aliphatic carbocycles. The van der Waals surface area contributed by atoms with Gasteiger partial charge in [-0.05, 0) is 31.5 Å². The molecule has 3 unspecified atom stereocenters. The van der Waals surface area contributed by atoms with Gasteiger partial charge in [-0.15, -0.1) is 50.9 Å². The van der Waals surface area contributed by atoms with E-state index in [1.165, 1.54) is 12.1 Å². The molecule has 0 radical (unpaired) electrons. The standard InChI is InChI=1S/C18H29N3O2.3BrH/c1-3-19(4-2)12-16(22)13-20-9-14-8-15(11-20)17-6-5-7-18(23)21(17)10-14;;;/h5-7,14-16,22H,3-4,8-13H2,1-2H3;3*1H. The number of hydrogen-bond acceptors (Lipinski definition) is 4. The van der Waals surface area contributed by atoms with Crippen LogP contribution in [0.4, 0.5) is 0 Å². The number of pyridine rings is 1. The van der Waals surface area contributed by atoms with Crippen molar-refractivity contribution in [3.05, 3.63) is 34.2 Å². The minimum atomic E-state index is -0.299. The van der Waals surface area contributed by atoms with E-state index in [-0.39, 0.29) is 62.6 Å². The number of aliphatic hydroxyl groups is 1. The molecule has 8 heteroatoms. The van der Waals surface area contributed by atoms with Gasteiger partial charge in [-0.2, -0.15) is 0 Å². The summed E-state index contributed by atoms with van der Waals surface area (Å²) < 4.78 is 1.96. The van der Waals surface area contributed by atoms with Crippen LogP contribution in [-0.2, 0) is 6.54 Å². The van der Waals surface area contributed by atoms with Gasteiger partial charge in [-0.1, -0.05) is 19.9 Å². The van der Waals surface area contributed by atoms with Gasteiger partial charge in [0.1, 0.15) is 0 Å². The van der Waals surface area contributed by atoms with Crippen LogP contribution < -0.4 is 5.56 Å². The molecular formula is C18H32Br3N3O2. The Bertz CT molecular complexity index is 595. The van der Waals surface area contributed by atoms with Crippen LogP contribution in [0.25, 0.3) is 0 Å². The molecule has 2 aliphatic rings. The Labute approximate surface area is 188 Å². The van der Waals surface area contributed by atoms with Crippen LogP contribution in [0.1, 0.15) is 31.9 Å². The number of aliphatic hydroxyl groups excluding tert-OH is 1. The number of rotatable bonds is 6. The maximum Gasteiger partial charge on any atom is 0.250 e. The maximum absolute atomic E-state index is 12.0. The first-order chi connectivity index (χ1) is 11.1. The molecule has 3 heterocycles. The summed E-state index contributed by atoms with van der Waals surface area (Å²) in [5.41, 5.74) is 1.31. The van der Waals surface area contributed by atoms with Crippen molar-refractivity contribution in [1.29, 1.82) is 0 Å². The lowest BCUT2D eigenvalue weighted by Gasteiger charge is -2.43. The second-order valence-electron chi connectivity index (χ2n) is 7.06. The van der Waals surface area contributed by atoms with Gasteiger partial charge in [0.05, 0.1) is 6.10 Å². The number of β-amino-alcohol motifs (C(OH)–C–C–N with tert-alkyl or cyclic N) is 1. The Balaban J connectivity index is 0.00000208. The fourth-order valence-electron chi connectivity index (χ4n) is 4.28. The highest BCUT2D eigenvalue weighted by molar-refractivity contribution is 8.93. The average Bonchev–Trinajstić information content (AvgIpc) is 2.53. The number of hydrogen-bond donors (Lipinski definition) is 1. The smallest absolute Gasteiger partial charge is 0.250 e. The number of fused-ring (bicyclic) bond motifs is 4. The van der Waals surface area contributed by atoms with Crippen molar-refractivity contribution >= 4 is 50.9 Å². The van der Waals surface area contributed by atoms with E-state index < -0.39 is 0 Å². The predicted octanol–water partition coefficient (Wildman–Crippen LogP) is 2.70. The summed E-state index contributed by atoms with van der Waals surface area (Å²) in [5, 5.41) is 10.4. The Hall–Kier alpha value is 0.270. The van der Waals surface area contributed by atoms with E-state index in [1.807, 2.05) is 10.6 Å². The van der Waals surface area contributed by atoms with Crippen LogP contribution in [0.2, 0.25) is 0 Å². The van der Waals surface area contributed by atoms with Crippen molar-refractivity contribution in [3.63, 3.8) is 0 Å². The molecule has 1 fully saturated rings. The molecule has 0 saturated carbocycles. The van der Waals surface area contributed by atoms with Gasteiger partial charge in [0.15, 0.2) is 0 Å². The highest BCUT2D eigenvalue weighted by Gasteiger charge is 2.34. The van der Waals surface area contributed by atoms with Crippen LogP contribution in [0.5, 0.6) is 0 Å². The second-order valence-corrected chi connectivity index (χ2v) is 7.06. The lowest BCUT2D eigenvalue weighted by molar-refractivity contribution is 0.0444. The van der Waals surface area contributed by atoms with Gasteiger partial charge in [0.25, 0.3) is 5.56 Å². The van der Waals surface area contributed by atoms with Crippen molar-refractivity contribution < 1.29 is 5.11 Å². The van der Waals surface area contributed by atoms with Gasteiger partial charge in [0, 0.05) is 50.4 Å². The highest BCUT2D eigenvalue weighted by atomic mass is 79.9. The summed E-state index contributed by atoms with van der Waals surface area (Å²) in [5.74, 6) is 0.957. The largest absolute Gasteiger partial charge is 0.390 e. The molecule has 1 N–H and O–H groups in total. The minimum absolute atomic E-state index is 0. The Morgan fingerprint density at radius 3 is 2.50 bits per heavy atom. The van der Waals surface area contributed by atoms with E-state index in [2.05, 4.69) is 29.7 Å². The molecular weight excluding hydrogens is 530 g/mol. The summed E-state index contributed by atoms with van der Waals surface area (Å²) in [6.07, 6.45) is 0.873. The van der Waals surface area contributed by atoms with Crippen LogP contribution in [0, 0.1) is 5.92 Å². The zero-order valence-electron chi connectivity index (χ0n) is 15.5. The summed E-state index contributed by atoms with van der Waals surface area (Å²) in [7, 11) is 0. The summed E-state index contributed by atoms with van der Waals surface area (Å²) >= 11 is 0. The van der Waals surface area contributed by atoms with E-state index in [0.717, 1.165) is 45.8 Å². The zero-order chi connectivity index (χ0) is 16.4. The third kappa shape index (κ3) is 6.14. The molecule has 0 aromatic carbocycles. The van der Waals surface area contributed by atoms with Crippen molar-refractivity contribution in [2.24, 2.45) is 5.92 Å². The quantitative estimate of drug-likeness (QED) is 0.580. The molecule has 152 valence electrons. The number of nitrogens with zero attached hydrogens (tertiary/aromatic N) is 3. The number of likely N-dealkylation sites (N-methyl/N-ethyl adjacent to an activating group) is 1. The maximum atomic E-state index is 12.0. The van der Waals surface area contributed by atoms with Gasteiger partial charge < -0.3 is 14.6 Å². The van der Waals surface area contributed by atoms with E-state index in [0.29, 0.717) is 11.8 Å². The number of piperidine rings is 1. The van der Waals surface area contributed by atoms with Crippen LogP contribution in [0.3, 0.4) is 0 Å². The van der Waals surface area contributed by atoms with Crippen LogP contribution in [0.15, 0.2) is 23.0 Å². The third-order valence-corrected chi connectivity index (χ3v) is 5.39. The van der Waals surface area contributed by atoms with Gasteiger partial charge in [0.2, 0.25) is 0 Å². The van der Waals surface area contributed by atoms with E-state index in [9.17, 15) is 9.90 Å². The van der Waals surface area contributed by atoms with E-state index >= 15 is 0 Å². The molecule has 3 atom stereocenters. The van der Waals surface area contributed by atoms with Gasteiger partial charge in [-0.3, -0.25) is 9.69 Å². The topological polar surface area (TPSA) is 48.7 Å². The number of aromatic nitrogens is 1. The molecule has 0 amide bonds. The fraction of sp³-hybridized carbons (Fsp3) is 0.722. The molecule has 0 spiro atoms. The first kappa shape index (κ1) is 26.3. The molecule has 1 aromatic rings. The first-order valence-corrected chi connectivity index (χ1v) is 8.93. The van der Waals surface area contributed by atoms with E-state index in [1.54, 1.807) is 6.07 Å². The Morgan fingerprint density at radius 2 is 1.85 bits per heavy atom. The van der Waals surface area contributed by atoms with Crippen LogP contribution in [-0.4, -0.2) is 64.8 Å². The molecule has 5 nitrogen and oxygen atoms in total. The second kappa shape index (κ2) is 12.0. The monoisotopic (exact) mass is 559 g/mol. The van der Waals surface area contributed by atoms with Crippen molar-refractivity contribution in [3.8, 4) is 0 Å². The Kier molecular flexibility index (Phi) is 12.1.